The van der Waals surface area contributed by atoms with Crippen LogP contribution in [0.15, 0.2) is 24.3 Å². The second kappa shape index (κ2) is 3.77. The van der Waals surface area contributed by atoms with E-state index in [2.05, 4.69) is 5.32 Å². The lowest BCUT2D eigenvalue weighted by Crippen LogP contribution is -2.48. The van der Waals surface area contributed by atoms with Crippen LogP contribution in [0.5, 0.6) is 5.75 Å². The molecule has 0 atom stereocenters. The molecular weight excluding hydrogens is 166 g/mol. The predicted octanol–water partition coefficient (Wildman–Crippen LogP) is 0.881. The number of hydrogen-bond acceptors (Lipinski definition) is 3. The Hall–Kier alpha value is -1.06. The summed E-state index contributed by atoms with van der Waals surface area (Å²) in [6.07, 6.45) is 0.369. The first-order valence-electron chi connectivity index (χ1n) is 4.45. The Morgan fingerprint density at radius 1 is 1.31 bits per heavy atom. The van der Waals surface area contributed by atoms with Crippen molar-refractivity contribution >= 4 is 0 Å². The molecule has 70 valence electrons. The number of ether oxygens (including phenoxy) is 1. The average molecular weight is 179 g/mol. The van der Waals surface area contributed by atoms with E-state index < -0.39 is 0 Å². The molecule has 2 rings (SSSR count). The quantitative estimate of drug-likeness (QED) is 0.723. The van der Waals surface area contributed by atoms with E-state index >= 15 is 0 Å². The van der Waals surface area contributed by atoms with Gasteiger partial charge in [0.15, 0.2) is 0 Å². The third-order valence-corrected chi connectivity index (χ3v) is 2.17. The number of benzene rings is 1. The Balaban J connectivity index is 1.83. The molecule has 0 amide bonds. The van der Waals surface area contributed by atoms with Gasteiger partial charge in [-0.1, -0.05) is 12.1 Å². The number of phenols is 1. The van der Waals surface area contributed by atoms with Crippen LogP contribution in [0.2, 0.25) is 0 Å². The first-order valence-corrected chi connectivity index (χ1v) is 4.45. The van der Waals surface area contributed by atoms with Crippen molar-refractivity contribution in [3.05, 3.63) is 29.8 Å². The molecule has 0 spiro atoms. The SMILES string of the molecule is Oc1ccc(COC2CNC2)cc1. The van der Waals surface area contributed by atoms with Gasteiger partial charge in [0.25, 0.3) is 0 Å². The van der Waals surface area contributed by atoms with E-state index in [1.54, 1.807) is 12.1 Å². The van der Waals surface area contributed by atoms with Crippen LogP contribution in [0.3, 0.4) is 0 Å². The highest BCUT2D eigenvalue weighted by atomic mass is 16.5. The third-order valence-electron chi connectivity index (χ3n) is 2.17. The maximum atomic E-state index is 9.04. The zero-order chi connectivity index (χ0) is 9.10. The van der Waals surface area contributed by atoms with Gasteiger partial charge in [-0.15, -0.1) is 0 Å². The van der Waals surface area contributed by atoms with Crippen LogP contribution in [0, 0.1) is 0 Å². The molecule has 2 N–H and O–H groups in total. The van der Waals surface area contributed by atoms with Gasteiger partial charge >= 0.3 is 0 Å². The van der Waals surface area contributed by atoms with Crippen molar-refractivity contribution in [3.8, 4) is 5.75 Å². The molecule has 0 saturated carbocycles. The summed E-state index contributed by atoms with van der Waals surface area (Å²) >= 11 is 0. The summed E-state index contributed by atoms with van der Waals surface area (Å²) in [7, 11) is 0. The number of hydrogen-bond donors (Lipinski definition) is 2. The lowest BCUT2D eigenvalue weighted by Gasteiger charge is -2.27. The van der Waals surface area contributed by atoms with Crippen LogP contribution in [0.4, 0.5) is 0 Å². The minimum absolute atomic E-state index is 0.300. The second-order valence-corrected chi connectivity index (χ2v) is 3.26. The third kappa shape index (κ3) is 2.20. The number of nitrogens with one attached hydrogen (secondary N) is 1. The van der Waals surface area contributed by atoms with Gasteiger partial charge in [0.1, 0.15) is 5.75 Å². The minimum Gasteiger partial charge on any atom is -0.508 e. The van der Waals surface area contributed by atoms with Crippen molar-refractivity contribution in [2.45, 2.75) is 12.7 Å². The number of phenolic OH excluding ortho intramolecular Hbond substituents is 1. The van der Waals surface area contributed by atoms with Crippen molar-refractivity contribution in [3.63, 3.8) is 0 Å². The summed E-state index contributed by atoms with van der Waals surface area (Å²) in [4.78, 5) is 0. The van der Waals surface area contributed by atoms with E-state index in [1.807, 2.05) is 12.1 Å². The highest BCUT2D eigenvalue weighted by molar-refractivity contribution is 5.25. The lowest BCUT2D eigenvalue weighted by atomic mass is 10.2. The molecule has 0 unspecified atom stereocenters. The molecule has 1 aliphatic heterocycles. The molecule has 13 heavy (non-hydrogen) atoms. The Morgan fingerprint density at radius 2 is 2.00 bits per heavy atom. The summed E-state index contributed by atoms with van der Waals surface area (Å²) in [5.41, 5.74) is 1.10. The maximum Gasteiger partial charge on any atom is 0.115 e. The molecule has 3 nitrogen and oxygen atoms in total. The van der Waals surface area contributed by atoms with Crippen molar-refractivity contribution < 1.29 is 9.84 Å². The zero-order valence-electron chi connectivity index (χ0n) is 7.36. The Kier molecular flexibility index (Phi) is 2.47. The fraction of sp³-hybridized carbons (Fsp3) is 0.400. The summed E-state index contributed by atoms with van der Waals surface area (Å²) in [5, 5.41) is 12.2. The summed E-state index contributed by atoms with van der Waals surface area (Å²) in [6.45, 7) is 2.54. The van der Waals surface area contributed by atoms with E-state index in [1.165, 1.54) is 0 Å². The first kappa shape index (κ1) is 8.53. The Morgan fingerprint density at radius 3 is 2.54 bits per heavy atom. The number of rotatable bonds is 3. The van der Waals surface area contributed by atoms with Crippen LogP contribution in [-0.4, -0.2) is 24.3 Å². The van der Waals surface area contributed by atoms with Gasteiger partial charge in [0.2, 0.25) is 0 Å². The summed E-state index contributed by atoms with van der Waals surface area (Å²) < 4.78 is 5.56. The van der Waals surface area contributed by atoms with E-state index in [9.17, 15) is 0 Å². The van der Waals surface area contributed by atoms with Crippen LogP contribution in [0.1, 0.15) is 5.56 Å². The molecule has 0 aliphatic carbocycles. The van der Waals surface area contributed by atoms with Gasteiger partial charge in [0.05, 0.1) is 12.7 Å². The van der Waals surface area contributed by atoms with E-state index in [0.29, 0.717) is 18.5 Å². The molecule has 1 fully saturated rings. The summed E-state index contributed by atoms with van der Waals surface area (Å²) in [5.74, 6) is 0.300. The molecule has 1 aromatic rings. The molecule has 0 aromatic heterocycles. The average Bonchev–Trinajstić information content (AvgIpc) is 2.05. The second-order valence-electron chi connectivity index (χ2n) is 3.26. The number of aromatic hydroxyl groups is 1. The Bertz CT molecular complexity index is 267. The van der Waals surface area contributed by atoms with Gasteiger partial charge in [-0.05, 0) is 17.7 Å². The van der Waals surface area contributed by atoms with Gasteiger partial charge in [-0.3, -0.25) is 0 Å². The lowest BCUT2D eigenvalue weighted by molar-refractivity contribution is 0.00757. The molecular formula is C10H13NO2. The van der Waals surface area contributed by atoms with Gasteiger partial charge in [-0.2, -0.15) is 0 Å². The minimum atomic E-state index is 0.300. The molecule has 0 bridgehead atoms. The van der Waals surface area contributed by atoms with Crippen molar-refractivity contribution in [1.29, 1.82) is 0 Å². The normalized spacial score (nSPS) is 16.9. The smallest absolute Gasteiger partial charge is 0.115 e. The fourth-order valence-corrected chi connectivity index (χ4v) is 1.19. The van der Waals surface area contributed by atoms with Crippen LogP contribution in [-0.2, 0) is 11.3 Å². The van der Waals surface area contributed by atoms with E-state index in [-0.39, 0.29) is 0 Å². The topological polar surface area (TPSA) is 41.5 Å². The molecule has 0 radical (unpaired) electrons. The van der Waals surface area contributed by atoms with Crippen molar-refractivity contribution in [2.75, 3.05) is 13.1 Å². The molecule has 1 aliphatic rings. The maximum absolute atomic E-state index is 9.04. The predicted molar refractivity (Wildman–Crippen MR) is 49.6 cm³/mol. The standard InChI is InChI=1S/C10H13NO2/c12-9-3-1-8(2-4-9)7-13-10-5-11-6-10/h1-4,10-12H,5-7H2. The van der Waals surface area contributed by atoms with E-state index in [0.717, 1.165) is 18.7 Å². The molecule has 1 saturated heterocycles. The van der Waals surface area contributed by atoms with Crippen LogP contribution < -0.4 is 5.32 Å². The van der Waals surface area contributed by atoms with E-state index in [4.69, 9.17) is 9.84 Å². The van der Waals surface area contributed by atoms with Gasteiger partial charge < -0.3 is 15.2 Å². The van der Waals surface area contributed by atoms with Crippen LogP contribution >= 0.6 is 0 Å². The zero-order valence-corrected chi connectivity index (χ0v) is 7.36. The van der Waals surface area contributed by atoms with Crippen molar-refractivity contribution in [1.82, 2.24) is 5.32 Å². The summed E-state index contributed by atoms with van der Waals surface area (Å²) in [6, 6.07) is 7.11. The fourth-order valence-electron chi connectivity index (χ4n) is 1.19. The largest absolute Gasteiger partial charge is 0.508 e. The monoisotopic (exact) mass is 179 g/mol. The first-order chi connectivity index (χ1) is 6.34. The molecule has 1 aromatic carbocycles. The van der Waals surface area contributed by atoms with Crippen LogP contribution in [0.25, 0.3) is 0 Å². The highest BCUT2D eigenvalue weighted by Gasteiger charge is 2.16. The van der Waals surface area contributed by atoms with Crippen molar-refractivity contribution in [2.24, 2.45) is 0 Å². The van der Waals surface area contributed by atoms with Gasteiger partial charge in [-0.25, -0.2) is 0 Å². The van der Waals surface area contributed by atoms with Gasteiger partial charge in [0, 0.05) is 13.1 Å². The highest BCUT2D eigenvalue weighted by Crippen LogP contribution is 2.11. The molecule has 3 heteroatoms. The molecule has 1 heterocycles. The Labute approximate surface area is 77.3 Å².